The summed E-state index contributed by atoms with van der Waals surface area (Å²) >= 11 is 0. The monoisotopic (exact) mass is 382 g/mol. The summed E-state index contributed by atoms with van der Waals surface area (Å²) in [5.41, 5.74) is 1.01. The Kier molecular flexibility index (Phi) is 7.27. The molecule has 1 heterocycles. The van der Waals surface area contributed by atoms with E-state index in [1.807, 2.05) is 6.07 Å². The van der Waals surface area contributed by atoms with Crippen molar-refractivity contribution in [1.82, 2.24) is 15.8 Å². The molecule has 0 bridgehead atoms. The van der Waals surface area contributed by atoms with Gasteiger partial charge in [0, 0.05) is 25.6 Å². The van der Waals surface area contributed by atoms with E-state index in [9.17, 15) is 13.2 Å². The van der Waals surface area contributed by atoms with Crippen LogP contribution in [0.3, 0.4) is 0 Å². The third kappa shape index (κ3) is 6.01. The van der Waals surface area contributed by atoms with Crippen molar-refractivity contribution in [2.24, 2.45) is 4.99 Å². The molecule has 0 unspecified atom stereocenters. The van der Waals surface area contributed by atoms with Gasteiger partial charge in [0.15, 0.2) is 11.7 Å². The van der Waals surface area contributed by atoms with E-state index in [0.717, 1.165) is 36.2 Å². The number of nitrogens with zero attached hydrogens (tertiary/aromatic N) is 2. The number of alkyl halides is 3. The van der Waals surface area contributed by atoms with E-state index < -0.39 is 11.7 Å². The summed E-state index contributed by atoms with van der Waals surface area (Å²) in [6.07, 6.45) is -2.31. The lowest BCUT2D eigenvalue weighted by atomic mass is 9.99. The summed E-state index contributed by atoms with van der Waals surface area (Å²) in [5.74, 6) is 1.62. The summed E-state index contributed by atoms with van der Waals surface area (Å²) in [5, 5.41) is 10.3. The third-order valence-electron chi connectivity index (χ3n) is 4.38. The maximum absolute atomic E-state index is 12.6. The van der Waals surface area contributed by atoms with Gasteiger partial charge in [0.1, 0.15) is 0 Å². The zero-order valence-corrected chi connectivity index (χ0v) is 15.7. The van der Waals surface area contributed by atoms with Gasteiger partial charge in [-0.1, -0.05) is 31.1 Å². The first-order valence-corrected chi connectivity index (χ1v) is 8.93. The van der Waals surface area contributed by atoms with Crippen LogP contribution in [0.1, 0.15) is 55.2 Å². The van der Waals surface area contributed by atoms with E-state index in [0.29, 0.717) is 30.7 Å². The largest absolute Gasteiger partial charge is 0.416 e. The topological polar surface area (TPSA) is 62.5 Å². The first kappa shape index (κ1) is 20.8. The Morgan fingerprint density at radius 1 is 1.11 bits per heavy atom. The molecule has 5 nitrogen and oxygen atoms in total. The van der Waals surface area contributed by atoms with Gasteiger partial charge in [0.2, 0.25) is 0 Å². The molecule has 1 aromatic heterocycles. The SMILES string of the molecule is CCC(CC)c1cc(CNC(=NC)NCc2ccc(C(F)(F)F)cc2)on1. The molecular formula is C19H25F3N4O. The molecule has 0 amide bonds. The van der Waals surface area contributed by atoms with E-state index in [-0.39, 0.29) is 0 Å². The molecule has 2 N–H and O–H groups in total. The molecule has 0 radical (unpaired) electrons. The van der Waals surface area contributed by atoms with E-state index >= 15 is 0 Å². The average Bonchev–Trinajstić information content (AvgIpc) is 3.11. The Balaban J connectivity index is 1.86. The second-order valence-corrected chi connectivity index (χ2v) is 6.21. The van der Waals surface area contributed by atoms with Crippen molar-refractivity contribution in [3.8, 4) is 0 Å². The Hall–Kier alpha value is -2.51. The predicted molar refractivity (Wildman–Crippen MR) is 98.3 cm³/mol. The van der Waals surface area contributed by atoms with Gasteiger partial charge in [-0.2, -0.15) is 13.2 Å². The normalized spacial score (nSPS) is 12.5. The van der Waals surface area contributed by atoms with Crippen molar-refractivity contribution < 1.29 is 17.7 Å². The maximum Gasteiger partial charge on any atom is 0.416 e. The van der Waals surface area contributed by atoms with Gasteiger partial charge in [-0.3, -0.25) is 4.99 Å². The highest BCUT2D eigenvalue weighted by Gasteiger charge is 2.29. The first-order valence-electron chi connectivity index (χ1n) is 8.93. The Labute approximate surface area is 157 Å². The number of hydrogen-bond acceptors (Lipinski definition) is 3. The Morgan fingerprint density at radius 3 is 2.30 bits per heavy atom. The van der Waals surface area contributed by atoms with Crippen LogP contribution >= 0.6 is 0 Å². The zero-order chi connectivity index (χ0) is 19.9. The standard InChI is InChI=1S/C19H25F3N4O/c1-4-14(5-2)17-10-16(27-26-17)12-25-18(23-3)24-11-13-6-8-15(9-7-13)19(20,21)22/h6-10,14H,4-5,11-12H2,1-3H3,(H2,23,24,25). The van der Waals surface area contributed by atoms with Crippen molar-refractivity contribution in [3.05, 3.63) is 52.9 Å². The smallest absolute Gasteiger partial charge is 0.359 e. The van der Waals surface area contributed by atoms with Crippen LogP contribution in [0.2, 0.25) is 0 Å². The summed E-state index contributed by atoms with van der Waals surface area (Å²) in [6, 6.07) is 6.97. The molecule has 0 fully saturated rings. The fourth-order valence-corrected chi connectivity index (χ4v) is 2.70. The molecule has 1 aromatic carbocycles. The number of guanidine groups is 1. The average molecular weight is 382 g/mol. The van der Waals surface area contributed by atoms with Gasteiger partial charge >= 0.3 is 6.18 Å². The first-order chi connectivity index (χ1) is 12.9. The Bertz CT molecular complexity index is 734. The van der Waals surface area contributed by atoms with Crippen LogP contribution in [-0.2, 0) is 19.3 Å². The van der Waals surface area contributed by atoms with Crippen LogP contribution in [0.4, 0.5) is 13.2 Å². The van der Waals surface area contributed by atoms with Crippen molar-refractivity contribution in [3.63, 3.8) is 0 Å². The highest BCUT2D eigenvalue weighted by molar-refractivity contribution is 5.79. The van der Waals surface area contributed by atoms with E-state index in [4.69, 9.17) is 4.52 Å². The molecule has 0 aliphatic carbocycles. The molecule has 2 aromatic rings. The summed E-state index contributed by atoms with van der Waals surface area (Å²) < 4.78 is 43.1. The van der Waals surface area contributed by atoms with Crippen molar-refractivity contribution in [1.29, 1.82) is 0 Å². The minimum atomic E-state index is -4.33. The highest BCUT2D eigenvalue weighted by atomic mass is 19.4. The van der Waals surface area contributed by atoms with Gasteiger partial charge in [0.05, 0.1) is 17.8 Å². The van der Waals surface area contributed by atoms with Crippen LogP contribution < -0.4 is 10.6 Å². The number of benzene rings is 1. The van der Waals surface area contributed by atoms with E-state index in [1.165, 1.54) is 12.1 Å². The van der Waals surface area contributed by atoms with Crippen LogP contribution in [0.25, 0.3) is 0 Å². The molecule has 27 heavy (non-hydrogen) atoms. The third-order valence-corrected chi connectivity index (χ3v) is 4.38. The fourth-order valence-electron chi connectivity index (χ4n) is 2.70. The Morgan fingerprint density at radius 2 is 1.74 bits per heavy atom. The quantitative estimate of drug-likeness (QED) is 0.548. The molecule has 148 valence electrons. The summed E-state index contributed by atoms with van der Waals surface area (Å²) in [6.45, 7) is 5.01. The second kappa shape index (κ2) is 9.43. The molecule has 0 atom stereocenters. The lowest BCUT2D eigenvalue weighted by Gasteiger charge is -2.12. The van der Waals surface area contributed by atoms with Crippen molar-refractivity contribution >= 4 is 5.96 Å². The van der Waals surface area contributed by atoms with Crippen molar-refractivity contribution in [2.75, 3.05) is 7.05 Å². The predicted octanol–water partition coefficient (Wildman–Crippen LogP) is 4.46. The number of hydrogen-bond donors (Lipinski definition) is 2. The molecule has 2 rings (SSSR count). The van der Waals surface area contributed by atoms with Crippen LogP contribution in [0.15, 0.2) is 39.8 Å². The van der Waals surface area contributed by atoms with Crippen LogP contribution in [0.5, 0.6) is 0 Å². The highest BCUT2D eigenvalue weighted by Crippen LogP contribution is 2.29. The van der Waals surface area contributed by atoms with Crippen LogP contribution in [-0.4, -0.2) is 18.2 Å². The summed E-state index contributed by atoms with van der Waals surface area (Å²) in [4.78, 5) is 4.10. The molecule has 0 spiro atoms. The lowest BCUT2D eigenvalue weighted by molar-refractivity contribution is -0.137. The van der Waals surface area contributed by atoms with Gasteiger partial charge in [0.25, 0.3) is 0 Å². The fraction of sp³-hybridized carbons (Fsp3) is 0.474. The number of aliphatic imine (C=N–C) groups is 1. The number of aromatic nitrogens is 1. The minimum absolute atomic E-state index is 0.354. The van der Waals surface area contributed by atoms with Gasteiger partial charge in [-0.25, -0.2) is 0 Å². The van der Waals surface area contributed by atoms with Crippen molar-refractivity contribution in [2.45, 2.75) is 51.9 Å². The molecule has 0 aliphatic heterocycles. The second-order valence-electron chi connectivity index (χ2n) is 6.21. The van der Waals surface area contributed by atoms with Gasteiger partial charge in [-0.05, 0) is 30.5 Å². The number of rotatable bonds is 7. The van der Waals surface area contributed by atoms with E-state index in [2.05, 4.69) is 34.6 Å². The molecule has 0 aliphatic rings. The van der Waals surface area contributed by atoms with Crippen LogP contribution in [0, 0.1) is 0 Å². The van der Waals surface area contributed by atoms with E-state index in [1.54, 1.807) is 7.05 Å². The molecular weight excluding hydrogens is 357 g/mol. The minimum Gasteiger partial charge on any atom is -0.359 e. The maximum atomic E-state index is 12.6. The number of nitrogens with one attached hydrogen (secondary N) is 2. The number of halogens is 3. The van der Waals surface area contributed by atoms with Gasteiger partial charge < -0.3 is 15.2 Å². The molecule has 0 saturated carbocycles. The molecule has 0 saturated heterocycles. The lowest BCUT2D eigenvalue weighted by Crippen LogP contribution is -2.36. The zero-order valence-electron chi connectivity index (χ0n) is 15.7. The van der Waals surface area contributed by atoms with Gasteiger partial charge in [-0.15, -0.1) is 0 Å². The summed E-state index contributed by atoms with van der Waals surface area (Å²) in [7, 11) is 1.62. The molecule has 8 heteroatoms.